The van der Waals surface area contributed by atoms with E-state index in [4.69, 9.17) is 44.5 Å². The molecule has 0 aliphatic carbocycles. The number of aryl methyl sites for hydroxylation is 1. The van der Waals surface area contributed by atoms with Crippen LogP contribution in [0.2, 0.25) is 15.1 Å². The molecule has 5 nitrogen and oxygen atoms in total. The fourth-order valence-electron chi connectivity index (χ4n) is 3.09. The number of ether oxygens (including phenoxy) is 1. The van der Waals surface area contributed by atoms with Gasteiger partial charge in [-0.15, -0.1) is 0 Å². The van der Waals surface area contributed by atoms with Gasteiger partial charge < -0.3 is 4.74 Å². The molecule has 4 rings (SSSR count). The van der Waals surface area contributed by atoms with E-state index in [9.17, 15) is 4.79 Å². The van der Waals surface area contributed by atoms with Crippen LogP contribution in [0.25, 0.3) is 22.3 Å². The maximum absolute atomic E-state index is 13.0. The van der Waals surface area contributed by atoms with E-state index in [1.54, 1.807) is 55.7 Å². The van der Waals surface area contributed by atoms with E-state index in [1.165, 1.54) is 4.57 Å². The highest BCUT2D eigenvalue weighted by Gasteiger charge is 2.17. The predicted molar refractivity (Wildman–Crippen MR) is 116 cm³/mol. The van der Waals surface area contributed by atoms with Crippen LogP contribution in [-0.2, 0) is 7.05 Å². The molecule has 0 radical (unpaired) electrons. The molecule has 29 heavy (non-hydrogen) atoms. The fraction of sp³-hybridized carbons (Fsp3) is 0.0952. The summed E-state index contributed by atoms with van der Waals surface area (Å²) in [4.78, 5) is 22.0. The Bertz CT molecular complexity index is 1300. The van der Waals surface area contributed by atoms with Gasteiger partial charge in [0.2, 0.25) is 5.88 Å². The van der Waals surface area contributed by atoms with Crippen molar-refractivity contribution in [2.45, 2.75) is 6.92 Å². The van der Waals surface area contributed by atoms with E-state index in [1.807, 2.05) is 6.92 Å². The van der Waals surface area contributed by atoms with Gasteiger partial charge in [-0.05, 0) is 55.0 Å². The Labute approximate surface area is 181 Å². The Balaban J connectivity index is 1.91. The first-order valence-electron chi connectivity index (χ1n) is 8.59. The second-order valence-corrected chi connectivity index (χ2v) is 7.79. The number of pyridine rings is 1. The van der Waals surface area contributed by atoms with Crippen molar-refractivity contribution in [2.24, 2.45) is 7.05 Å². The lowest BCUT2D eigenvalue weighted by Gasteiger charge is -2.14. The minimum Gasteiger partial charge on any atom is -0.438 e. The molecule has 0 bridgehead atoms. The number of halogens is 3. The lowest BCUT2D eigenvalue weighted by molar-refractivity contribution is 0.464. The van der Waals surface area contributed by atoms with E-state index in [0.29, 0.717) is 43.1 Å². The molecule has 0 fully saturated rings. The van der Waals surface area contributed by atoms with Gasteiger partial charge in [0.15, 0.2) is 0 Å². The summed E-state index contributed by atoms with van der Waals surface area (Å²) >= 11 is 18.2. The third-order valence-electron chi connectivity index (χ3n) is 4.40. The van der Waals surface area contributed by atoms with Crippen LogP contribution < -0.4 is 10.3 Å². The Kier molecular flexibility index (Phi) is 5.21. The van der Waals surface area contributed by atoms with Crippen molar-refractivity contribution in [1.82, 2.24) is 14.5 Å². The van der Waals surface area contributed by atoms with Crippen LogP contribution in [-0.4, -0.2) is 14.5 Å². The molecule has 2 heterocycles. The highest BCUT2D eigenvalue weighted by molar-refractivity contribution is 6.34. The van der Waals surface area contributed by atoms with Gasteiger partial charge in [-0.3, -0.25) is 9.36 Å². The van der Waals surface area contributed by atoms with Crippen LogP contribution in [0.15, 0.2) is 53.5 Å². The van der Waals surface area contributed by atoms with E-state index in [0.717, 1.165) is 5.56 Å². The number of hydrogen-bond acceptors (Lipinski definition) is 4. The largest absolute Gasteiger partial charge is 0.438 e. The summed E-state index contributed by atoms with van der Waals surface area (Å²) in [7, 11) is 1.65. The lowest BCUT2D eigenvalue weighted by atomic mass is 10.1. The van der Waals surface area contributed by atoms with Crippen molar-refractivity contribution in [3.05, 3.63) is 79.6 Å². The Morgan fingerprint density at radius 3 is 2.41 bits per heavy atom. The zero-order chi connectivity index (χ0) is 20.7. The van der Waals surface area contributed by atoms with Gasteiger partial charge in [-0.1, -0.05) is 34.8 Å². The van der Waals surface area contributed by atoms with Crippen LogP contribution in [0.5, 0.6) is 11.6 Å². The van der Waals surface area contributed by atoms with Gasteiger partial charge in [-0.25, -0.2) is 9.97 Å². The molecule has 0 N–H and O–H groups in total. The number of benzene rings is 2. The van der Waals surface area contributed by atoms with Gasteiger partial charge >= 0.3 is 0 Å². The predicted octanol–water partition coefficient (Wildman–Crippen LogP) is 6.06. The molecule has 0 aliphatic rings. The van der Waals surface area contributed by atoms with E-state index in [-0.39, 0.29) is 11.4 Å². The first-order chi connectivity index (χ1) is 13.8. The third kappa shape index (κ3) is 3.81. The lowest BCUT2D eigenvalue weighted by Crippen LogP contribution is -2.21. The summed E-state index contributed by atoms with van der Waals surface area (Å²) in [6, 6.07) is 11.8. The van der Waals surface area contributed by atoms with Crippen molar-refractivity contribution in [2.75, 3.05) is 0 Å². The summed E-state index contributed by atoms with van der Waals surface area (Å²) < 4.78 is 7.38. The molecule has 0 saturated carbocycles. The minimum atomic E-state index is -0.212. The van der Waals surface area contributed by atoms with Crippen LogP contribution in [0.3, 0.4) is 0 Å². The first kappa shape index (κ1) is 19.7. The Hall–Kier alpha value is -2.60. The zero-order valence-electron chi connectivity index (χ0n) is 15.4. The van der Waals surface area contributed by atoms with Crippen LogP contribution in [0, 0.1) is 6.92 Å². The number of nitrogens with zero attached hydrogens (tertiary/aromatic N) is 3. The van der Waals surface area contributed by atoms with Crippen molar-refractivity contribution in [1.29, 1.82) is 0 Å². The molecule has 4 aromatic rings. The molecular formula is C21H14Cl3N3O2. The maximum Gasteiger partial charge on any atom is 0.261 e. The SMILES string of the molecule is Cc1cc(Cl)cc2c(=O)n(C)c(-c3cccnc3Oc3cc(Cl)cc(Cl)c3)nc12. The summed E-state index contributed by atoms with van der Waals surface area (Å²) in [6.45, 7) is 1.86. The van der Waals surface area contributed by atoms with Crippen molar-refractivity contribution >= 4 is 45.7 Å². The van der Waals surface area contributed by atoms with Crippen LogP contribution >= 0.6 is 34.8 Å². The molecule has 0 aliphatic heterocycles. The van der Waals surface area contributed by atoms with Crippen LogP contribution in [0.1, 0.15) is 5.56 Å². The number of rotatable bonds is 3. The smallest absolute Gasteiger partial charge is 0.261 e. The second-order valence-electron chi connectivity index (χ2n) is 6.48. The highest BCUT2D eigenvalue weighted by Crippen LogP contribution is 2.33. The molecule has 2 aromatic carbocycles. The quantitative estimate of drug-likeness (QED) is 0.384. The van der Waals surface area contributed by atoms with E-state index >= 15 is 0 Å². The summed E-state index contributed by atoms with van der Waals surface area (Å²) in [5, 5.41) is 1.82. The topological polar surface area (TPSA) is 57.0 Å². The fourth-order valence-corrected chi connectivity index (χ4v) is 3.87. The Morgan fingerprint density at radius 1 is 1.00 bits per heavy atom. The molecule has 2 aromatic heterocycles. The summed E-state index contributed by atoms with van der Waals surface area (Å²) in [5.74, 6) is 1.12. The normalized spacial score (nSPS) is 11.1. The number of aromatic nitrogens is 3. The standard InChI is InChI=1S/C21H14Cl3N3O2/c1-11-6-12(22)10-17-18(11)26-19(27(2)21(17)28)16-4-3-5-25-20(16)29-15-8-13(23)7-14(24)9-15/h3-10H,1-2H3. The summed E-state index contributed by atoms with van der Waals surface area (Å²) in [5.41, 5.74) is 1.73. The average Bonchev–Trinajstić information content (AvgIpc) is 2.65. The molecule has 0 amide bonds. The zero-order valence-corrected chi connectivity index (χ0v) is 17.7. The minimum absolute atomic E-state index is 0.212. The van der Waals surface area contributed by atoms with Crippen molar-refractivity contribution in [3.8, 4) is 23.0 Å². The van der Waals surface area contributed by atoms with Gasteiger partial charge in [0.05, 0.1) is 16.5 Å². The average molecular weight is 447 g/mol. The van der Waals surface area contributed by atoms with E-state index in [2.05, 4.69) is 4.98 Å². The first-order valence-corrected chi connectivity index (χ1v) is 9.73. The third-order valence-corrected chi connectivity index (χ3v) is 5.05. The molecule has 0 saturated heterocycles. The van der Waals surface area contributed by atoms with Gasteiger partial charge in [0, 0.05) is 28.3 Å². The van der Waals surface area contributed by atoms with E-state index < -0.39 is 0 Å². The molecule has 0 atom stereocenters. The highest BCUT2D eigenvalue weighted by atomic mass is 35.5. The molecule has 146 valence electrons. The molecular weight excluding hydrogens is 433 g/mol. The number of fused-ring (bicyclic) bond motifs is 1. The molecule has 8 heteroatoms. The van der Waals surface area contributed by atoms with Crippen molar-refractivity contribution in [3.63, 3.8) is 0 Å². The van der Waals surface area contributed by atoms with Gasteiger partial charge in [-0.2, -0.15) is 0 Å². The van der Waals surface area contributed by atoms with Crippen LogP contribution in [0.4, 0.5) is 0 Å². The Morgan fingerprint density at radius 2 is 1.69 bits per heavy atom. The monoisotopic (exact) mass is 445 g/mol. The maximum atomic E-state index is 13.0. The molecule has 0 spiro atoms. The van der Waals surface area contributed by atoms with Crippen molar-refractivity contribution < 1.29 is 4.74 Å². The van der Waals surface area contributed by atoms with Gasteiger partial charge in [0.1, 0.15) is 11.6 Å². The molecule has 0 unspecified atom stereocenters. The van der Waals surface area contributed by atoms with Gasteiger partial charge in [0.25, 0.3) is 5.56 Å². The second kappa shape index (κ2) is 7.67. The number of hydrogen-bond donors (Lipinski definition) is 0. The summed E-state index contributed by atoms with van der Waals surface area (Å²) in [6.07, 6.45) is 1.59.